The smallest absolute Gasteiger partial charge is 0.0719 e. The van der Waals surface area contributed by atoms with Gasteiger partial charge in [-0.2, -0.15) is 0 Å². The summed E-state index contributed by atoms with van der Waals surface area (Å²) in [6.45, 7) is 8.09. The van der Waals surface area contributed by atoms with E-state index in [1.54, 1.807) is 0 Å². The van der Waals surface area contributed by atoms with Crippen LogP contribution in [-0.2, 0) is 37.0 Å². The van der Waals surface area contributed by atoms with Gasteiger partial charge in [0.2, 0.25) is 0 Å². The minimum absolute atomic E-state index is 0.746. The van der Waals surface area contributed by atoms with Crippen molar-refractivity contribution in [2.24, 2.45) is 0 Å². The molecule has 0 fully saturated rings. The summed E-state index contributed by atoms with van der Waals surface area (Å²) in [5.41, 5.74) is 10.1. The van der Waals surface area contributed by atoms with E-state index in [9.17, 15) is 0 Å². The van der Waals surface area contributed by atoms with Gasteiger partial charge in [-0.05, 0) is 85.4 Å². The van der Waals surface area contributed by atoms with Crippen LogP contribution in [0, 0.1) is 13.8 Å². The fraction of sp³-hybridized carbons (Fsp3) is 0.429. The van der Waals surface area contributed by atoms with Crippen LogP contribution in [0.25, 0.3) is 0 Å². The monoisotopic (exact) mass is 294 g/mol. The second-order valence-corrected chi connectivity index (χ2v) is 6.45. The Hall–Kier alpha value is -1.60. The summed E-state index contributed by atoms with van der Waals surface area (Å²) in [6, 6.07) is 11.8. The van der Waals surface area contributed by atoms with E-state index in [2.05, 4.69) is 51.1 Å². The molecule has 4 bridgehead atoms. The molecule has 116 valence electrons. The average molecular weight is 294 g/mol. The summed E-state index contributed by atoms with van der Waals surface area (Å²) in [6.07, 6.45) is 4.45. The molecule has 22 heavy (non-hydrogen) atoms. The second kappa shape index (κ2) is 6.66. The Morgan fingerprint density at radius 3 is 2.32 bits per heavy atom. The molecule has 0 heterocycles. The molecule has 0 aliphatic heterocycles. The van der Waals surface area contributed by atoms with Gasteiger partial charge in [0.05, 0.1) is 6.61 Å². The first-order chi connectivity index (χ1) is 10.7. The zero-order chi connectivity index (χ0) is 15.5. The predicted octanol–water partition coefficient (Wildman–Crippen LogP) is 4.72. The lowest BCUT2D eigenvalue weighted by molar-refractivity contribution is 0.133. The SMILES string of the molecule is CCOCc1cc2c(C)cc1CCc1ccc(cc1C)CC2. The zero-order valence-corrected chi connectivity index (χ0v) is 14.0. The van der Waals surface area contributed by atoms with Crippen LogP contribution in [0.15, 0.2) is 30.3 Å². The lowest BCUT2D eigenvalue weighted by Crippen LogP contribution is -2.06. The van der Waals surface area contributed by atoms with Gasteiger partial charge in [-0.25, -0.2) is 0 Å². The van der Waals surface area contributed by atoms with Crippen molar-refractivity contribution in [3.63, 3.8) is 0 Å². The van der Waals surface area contributed by atoms with Crippen molar-refractivity contribution in [2.75, 3.05) is 6.61 Å². The Labute approximate surface area is 134 Å². The normalized spacial score (nSPS) is 14.0. The quantitative estimate of drug-likeness (QED) is 0.795. The molecule has 0 aromatic heterocycles. The fourth-order valence-electron chi connectivity index (χ4n) is 3.45. The Morgan fingerprint density at radius 2 is 1.55 bits per heavy atom. The highest BCUT2D eigenvalue weighted by atomic mass is 16.5. The highest BCUT2D eigenvalue weighted by Gasteiger charge is 2.11. The molecule has 0 saturated carbocycles. The summed E-state index contributed by atoms with van der Waals surface area (Å²) >= 11 is 0. The van der Waals surface area contributed by atoms with Crippen molar-refractivity contribution in [1.29, 1.82) is 0 Å². The van der Waals surface area contributed by atoms with Crippen LogP contribution < -0.4 is 0 Å². The summed E-state index contributed by atoms with van der Waals surface area (Å²) in [4.78, 5) is 0. The Bertz CT molecular complexity index is 670. The van der Waals surface area contributed by atoms with Gasteiger partial charge in [0.15, 0.2) is 0 Å². The van der Waals surface area contributed by atoms with E-state index in [1.165, 1.54) is 38.9 Å². The summed E-state index contributed by atoms with van der Waals surface area (Å²) in [7, 11) is 0. The minimum atomic E-state index is 0.746. The van der Waals surface area contributed by atoms with Gasteiger partial charge in [-0.1, -0.05) is 30.3 Å². The molecule has 0 unspecified atom stereocenters. The van der Waals surface area contributed by atoms with Crippen LogP contribution in [0.5, 0.6) is 0 Å². The molecule has 1 nitrogen and oxygen atoms in total. The Balaban J connectivity index is 2.00. The van der Waals surface area contributed by atoms with Crippen molar-refractivity contribution in [3.05, 3.63) is 69.3 Å². The van der Waals surface area contributed by atoms with Gasteiger partial charge in [0.1, 0.15) is 0 Å². The first-order valence-corrected chi connectivity index (χ1v) is 8.44. The van der Waals surface area contributed by atoms with Crippen LogP contribution in [0.2, 0.25) is 0 Å². The van der Waals surface area contributed by atoms with Crippen molar-refractivity contribution in [3.8, 4) is 0 Å². The number of benzene rings is 2. The topological polar surface area (TPSA) is 9.23 Å². The number of rotatable bonds is 3. The maximum Gasteiger partial charge on any atom is 0.0719 e. The first-order valence-electron chi connectivity index (χ1n) is 8.44. The Morgan fingerprint density at radius 1 is 0.818 bits per heavy atom. The van der Waals surface area contributed by atoms with E-state index in [0.29, 0.717) is 0 Å². The van der Waals surface area contributed by atoms with Gasteiger partial charge in [-0.3, -0.25) is 0 Å². The highest BCUT2D eigenvalue weighted by molar-refractivity contribution is 5.41. The van der Waals surface area contributed by atoms with E-state index in [1.807, 2.05) is 0 Å². The Kier molecular flexibility index (Phi) is 4.63. The van der Waals surface area contributed by atoms with Crippen molar-refractivity contribution < 1.29 is 4.74 Å². The molecule has 0 spiro atoms. The molecule has 2 aromatic carbocycles. The summed E-state index contributed by atoms with van der Waals surface area (Å²) < 4.78 is 5.70. The number of ether oxygens (including phenoxy) is 1. The summed E-state index contributed by atoms with van der Waals surface area (Å²) in [5.74, 6) is 0. The van der Waals surface area contributed by atoms with E-state index in [-0.39, 0.29) is 0 Å². The molecule has 0 amide bonds. The maximum atomic E-state index is 5.70. The van der Waals surface area contributed by atoms with Crippen molar-refractivity contribution >= 4 is 0 Å². The molecule has 4 aliphatic rings. The maximum absolute atomic E-state index is 5.70. The third kappa shape index (κ3) is 3.25. The third-order valence-electron chi connectivity index (χ3n) is 4.87. The zero-order valence-electron chi connectivity index (χ0n) is 14.0. The van der Waals surface area contributed by atoms with Crippen LogP contribution in [-0.4, -0.2) is 6.61 Å². The van der Waals surface area contributed by atoms with Crippen LogP contribution >= 0.6 is 0 Å². The number of aryl methyl sites for hydroxylation is 6. The molecule has 0 N–H and O–H groups in total. The van der Waals surface area contributed by atoms with Gasteiger partial charge in [0, 0.05) is 6.61 Å². The largest absolute Gasteiger partial charge is 0.377 e. The van der Waals surface area contributed by atoms with E-state index in [0.717, 1.165) is 38.9 Å². The lowest BCUT2D eigenvalue weighted by Gasteiger charge is -2.18. The standard InChI is InChI=1S/C21H26O/c1-4-22-14-21-13-19-8-6-17-5-7-18(15(2)11-17)9-10-20(21)12-16(19)3/h5,7,11-13H,4,6,8-10,14H2,1-3H3. The van der Waals surface area contributed by atoms with Crippen LogP contribution in [0.3, 0.4) is 0 Å². The molecule has 0 saturated heterocycles. The third-order valence-corrected chi connectivity index (χ3v) is 4.87. The minimum Gasteiger partial charge on any atom is -0.377 e. The summed E-state index contributed by atoms with van der Waals surface area (Å²) in [5, 5.41) is 0. The number of hydrogen-bond acceptors (Lipinski definition) is 1. The molecular formula is C21H26O. The molecule has 0 radical (unpaired) electrons. The van der Waals surface area contributed by atoms with Gasteiger partial charge in [-0.15, -0.1) is 0 Å². The molecule has 0 atom stereocenters. The van der Waals surface area contributed by atoms with Crippen LogP contribution in [0.1, 0.15) is 45.9 Å². The van der Waals surface area contributed by atoms with Gasteiger partial charge in [0.25, 0.3) is 0 Å². The molecule has 6 rings (SSSR count). The molecule has 4 aliphatic carbocycles. The van der Waals surface area contributed by atoms with Crippen molar-refractivity contribution in [2.45, 2.75) is 53.1 Å². The molecule has 1 heteroatoms. The van der Waals surface area contributed by atoms with E-state index < -0.39 is 0 Å². The average Bonchev–Trinajstić information content (AvgIpc) is 2.50. The lowest BCUT2D eigenvalue weighted by atomic mass is 9.89. The van der Waals surface area contributed by atoms with Gasteiger partial charge >= 0.3 is 0 Å². The van der Waals surface area contributed by atoms with E-state index in [4.69, 9.17) is 4.74 Å². The van der Waals surface area contributed by atoms with Gasteiger partial charge < -0.3 is 4.74 Å². The molecule has 2 aromatic rings. The first kappa shape index (κ1) is 15.3. The predicted molar refractivity (Wildman–Crippen MR) is 92.5 cm³/mol. The number of hydrogen-bond donors (Lipinski definition) is 0. The van der Waals surface area contributed by atoms with Crippen LogP contribution in [0.4, 0.5) is 0 Å². The second-order valence-electron chi connectivity index (χ2n) is 6.45. The molecular weight excluding hydrogens is 268 g/mol. The van der Waals surface area contributed by atoms with E-state index >= 15 is 0 Å². The highest BCUT2D eigenvalue weighted by Crippen LogP contribution is 2.24. The fourth-order valence-corrected chi connectivity index (χ4v) is 3.45. The van der Waals surface area contributed by atoms with Crippen molar-refractivity contribution in [1.82, 2.24) is 0 Å².